The molecule has 68 valence electrons. The summed E-state index contributed by atoms with van der Waals surface area (Å²) in [5.41, 5.74) is 16.2. The van der Waals surface area contributed by atoms with Crippen LogP contribution in [0, 0.1) is 13.8 Å². The molecule has 1 aromatic carbocycles. The minimum Gasteiger partial charge on any atom is -0.397 e. The van der Waals surface area contributed by atoms with Crippen molar-refractivity contribution in [2.75, 3.05) is 11.5 Å². The van der Waals surface area contributed by atoms with E-state index in [1.54, 1.807) is 0 Å². The van der Waals surface area contributed by atoms with Gasteiger partial charge in [-0.1, -0.05) is 0 Å². The van der Waals surface area contributed by atoms with E-state index >= 15 is 0 Å². The smallest absolute Gasteiger partial charge is 0.0569 e. The Morgan fingerprint density at radius 2 is 1.69 bits per heavy atom. The van der Waals surface area contributed by atoms with Crippen molar-refractivity contribution >= 4 is 22.3 Å². The molecule has 0 atom stereocenters. The van der Waals surface area contributed by atoms with E-state index in [-0.39, 0.29) is 0 Å². The summed E-state index contributed by atoms with van der Waals surface area (Å²) < 4.78 is 0. The lowest BCUT2D eigenvalue weighted by Crippen LogP contribution is -1.93. The first-order valence-corrected chi connectivity index (χ1v) is 4.23. The Hall–Kier alpha value is -1.64. The number of rotatable bonds is 0. The molecule has 0 radical (unpaired) electrons. The van der Waals surface area contributed by atoms with Crippen LogP contribution in [0.2, 0.25) is 0 Å². The van der Waals surface area contributed by atoms with E-state index in [2.05, 4.69) is 11.9 Å². The number of aromatic nitrogens is 1. The van der Waals surface area contributed by atoms with Gasteiger partial charge in [-0.2, -0.15) is 0 Å². The van der Waals surface area contributed by atoms with Crippen LogP contribution in [0.15, 0.2) is 12.1 Å². The van der Waals surface area contributed by atoms with Gasteiger partial charge in [-0.05, 0) is 31.5 Å². The molecule has 5 N–H and O–H groups in total. The standard InChI is InChI=1S/C10H13N3/c1-5-6(2)13-10-4-9(12)8(11)3-7(5)10/h3-4,13H,11-12H2,1-2H3. The molecular formula is C10H13N3. The Morgan fingerprint density at radius 1 is 1.08 bits per heavy atom. The van der Waals surface area contributed by atoms with Crippen LogP contribution >= 0.6 is 0 Å². The summed E-state index contributed by atoms with van der Waals surface area (Å²) in [7, 11) is 0. The maximum atomic E-state index is 5.73. The third-order valence-corrected chi connectivity index (χ3v) is 2.51. The average Bonchev–Trinajstić information content (AvgIpc) is 2.32. The number of fused-ring (bicyclic) bond motifs is 1. The van der Waals surface area contributed by atoms with Crippen molar-refractivity contribution < 1.29 is 0 Å². The molecule has 2 rings (SSSR count). The molecule has 3 heteroatoms. The Labute approximate surface area is 76.7 Å². The molecule has 0 fully saturated rings. The molecule has 13 heavy (non-hydrogen) atoms. The Morgan fingerprint density at radius 3 is 2.38 bits per heavy atom. The summed E-state index contributed by atoms with van der Waals surface area (Å²) in [6.45, 7) is 4.12. The van der Waals surface area contributed by atoms with Crippen molar-refractivity contribution in [3.8, 4) is 0 Å². The highest BCUT2D eigenvalue weighted by molar-refractivity contribution is 5.91. The van der Waals surface area contributed by atoms with E-state index in [4.69, 9.17) is 11.5 Å². The van der Waals surface area contributed by atoms with E-state index in [1.165, 1.54) is 11.3 Å². The molecule has 3 nitrogen and oxygen atoms in total. The number of hydrogen-bond donors (Lipinski definition) is 3. The Balaban J connectivity index is 2.89. The molecule has 0 saturated heterocycles. The van der Waals surface area contributed by atoms with Crippen molar-refractivity contribution in [1.29, 1.82) is 0 Å². The molecule has 0 spiro atoms. The quantitative estimate of drug-likeness (QED) is 0.536. The number of benzene rings is 1. The second-order valence-electron chi connectivity index (χ2n) is 3.40. The summed E-state index contributed by atoms with van der Waals surface area (Å²) in [6, 6.07) is 3.80. The third-order valence-electron chi connectivity index (χ3n) is 2.51. The number of aryl methyl sites for hydroxylation is 2. The van der Waals surface area contributed by atoms with Crippen LogP contribution in [-0.2, 0) is 0 Å². The van der Waals surface area contributed by atoms with Gasteiger partial charge in [-0.25, -0.2) is 0 Å². The van der Waals surface area contributed by atoms with Crippen LogP contribution in [0.1, 0.15) is 11.3 Å². The normalized spacial score (nSPS) is 10.9. The van der Waals surface area contributed by atoms with E-state index < -0.39 is 0 Å². The van der Waals surface area contributed by atoms with Crippen LogP contribution in [0.4, 0.5) is 11.4 Å². The largest absolute Gasteiger partial charge is 0.397 e. The number of aromatic amines is 1. The molecule has 1 aromatic heterocycles. The van der Waals surface area contributed by atoms with Crippen molar-refractivity contribution in [1.82, 2.24) is 4.98 Å². The predicted molar refractivity (Wildman–Crippen MR) is 56.6 cm³/mol. The number of anilines is 2. The lowest BCUT2D eigenvalue weighted by atomic mass is 10.1. The lowest BCUT2D eigenvalue weighted by molar-refractivity contribution is 1.25. The molecule has 0 aliphatic heterocycles. The molecule has 0 aliphatic rings. The van der Waals surface area contributed by atoms with Gasteiger partial charge < -0.3 is 16.5 Å². The molecule has 0 amide bonds. The fourth-order valence-electron chi connectivity index (χ4n) is 1.54. The highest BCUT2D eigenvalue weighted by Crippen LogP contribution is 2.27. The van der Waals surface area contributed by atoms with Gasteiger partial charge in [-0.3, -0.25) is 0 Å². The van der Waals surface area contributed by atoms with Crippen molar-refractivity contribution in [2.24, 2.45) is 0 Å². The number of hydrogen-bond acceptors (Lipinski definition) is 2. The summed E-state index contributed by atoms with van der Waals surface area (Å²) in [6.07, 6.45) is 0. The summed E-state index contributed by atoms with van der Waals surface area (Å²) >= 11 is 0. The van der Waals surface area contributed by atoms with Gasteiger partial charge in [0.05, 0.1) is 11.4 Å². The Kier molecular flexibility index (Phi) is 1.49. The number of nitrogens with two attached hydrogens (primary N) is 2. The van der Waals surface area contributed by atoms with E-state index in [0.717, 1.165) is 10.9 Å². The van der Waals surface area contributed by atoms with Crippen LogP contribution in [-0.4, -0.2) is 4.98 Å². The van der Waals surface area contributed by atoms with Gasteiger partial charge in [-0.15, -0.1) is 0 Å². The van der Waals surface area contributed by atoms with Gasteiger partial charge in [0.2, 0.25) is 0 Å². The Bertz CT molecular complexity index is 468. The highest BCUT2D eigenvalue weighted by Gasteiger charge is 2.05. The number of nitrogen functional groups attached to an aromatic ring is 2. The van der Waals surface area contributed by atoms with Crippen LogP contribution < -0.4 is 11.5 Å². The fraction of sp³-hybridized carbons (Fsp3) is 0.200. The maximum Gasteiger partial charge on any atom is 0.0569 e. The maximum absolute atomic E-state index is 5.73. The van der Waals surface area contributed by atoms with Crippen LogP contribution in [0.3, 0.4) is 0 Å². The van der Waals surface area contributed by atoms with Crippen molar-refractivity contribution in [2.45, 2.75) is 13.8 Å². The van der Waals surface area contributed by atoms with Crippen molar-refractivity contribution in [3.05, 3.63) is 23.4 Å². The third kappa shape index (κ3) is 1.04. The monoisotopic (exact) mass is 175 g/mol. The van der Waals surface area contributed by atoms with Crippen LogP contribution in [0.5, 0.6) is 0 Å². The molecular weight excluding hydrogens is 162 g/mol. The molecule has 0 unspecified atom stereocenters. The topological polar surface area (TPSA) is 67.8 Å². The molecule has 2 aromatic rings. The van der Waals surface area contributed by atoms with E-state index in [1.807, 2.05) is 19.1 Å². The second-order valence-corrected chi connectivity index (χ2v) is 3.40. The highest BCUT2D eigenvalue weighted by atomic mass is 14.7. The molecule has 0 aliphatic carbocycles. The van der Waals surface area contributed by atoms with Gasteiger partial charge in [0.25, 0.3) is 0 Å². The summed E-state index contributed by atoms with van der Waals surface area (Å²) in [4.78, 5) is 3.26. The summed E-state index contributed by atoms with van der Waals surface area (Å²) in [5.74, 6) is 0. The molecule has 0 bridgehead atoms. The van der Waals surface area contributed by atoms with Crippen molar-refractivity contribution in [3.63, 3.8) is 0 Å². The molecule has 1 heterocycles. The zero-order valence-electron chi connectivity index (χ0n) is 7.81. The zero-order chi connectivity index (χ0) is 9.59. The minimum absolute atomic E-state index is 0.633. The first kappa shape index (κ1) is 7.98. The van der Waals surface area contributed by atoms with Gasteiger partial charge in [0, 0.05) is 16.6 Å². The van der Waals surface area contributed by atoms with Gasteiger partial charge >= 0.3 is 0 Å². The van der Waals surface area contributed by atoms with Gasteiger partial charge in [0.15, 0.2) is 0 Å². The molecule has 0 saturated carbocycles. The van der Waals surface area contributed by atoms with Crippen LogP contribution in [0.25, 0.3) is 10.9 Å². The summed E-state index contributed by atoms with van der Waals surface area (Å²) in [5, 5.41) is 1.16. The minimum atomic E-state index is 0.633. The second kappa shape index (κ2) is 2.42. The first-order valence-electron chi connectivity index (χ1n) is 4.23. The number of nitrogens with one attached hydrogen (secondary N) is 1. The zero-order valence-corrected chi connectivity index (χ0v) is 7.81. The fourth-order valence-corrected chi connectivity index (χ4v) is 1.54. The number of H-pyrrole nitrogens is 1. The predicted octanol–water partition coefficient (Wildman–Crippen LogP) is 1.95. The van der Waals surface area contributed by atoms with E-state index in [0.29, 0.717) is 11.4 Å². The lowest BCUT2D eigenvalue weighted by Gasteiger charge is -1.99. The van der Waals surface area contributed by atoms with E-state index in [9.17, 15) is 0 Å². The first-order chi connectivity index (χ1) is 6.09. The SMILES string of the molecule is Cc1[nH]c2cc(N)c(N)cc2c1C. The van der Waals surface area contributed by atoms with Gasteiger partial charge in [0.1, 0.15) is 0 Å². The average molecular weight is 175 g/mol.